The van der Waals surface area contributed by atoms with E-state index in [1.165, 1.54) is 7.11 Å². The summed E-state index contributed by atoms with van der Waals surface area (Å²) in [7, 11) is 1.32. The van der Waals surface area contributed by atoms with Crippen LogP contribution in [0.25, 0.3) is 33.3 Å². The monoisotopic (exact) mass is 347 g/mol. The molecule has 4 rings (SSSR count). The van der Waals surface area contributed by atoms with Crippen LogP contribution in [0.5, 0.6) is 0 Å². The average Bonchev–Trinajstić information content (AvgIpc) is 2.67. The lowest BCUT2D eigenvalue weighted by Crippen LogP contribution is -2.08. The Bertz CT molecular complexity index is 1210. The number of methoxy groups -OCH3 is 1. The number of nitrogens with two attached hydrogens (primary N) is 1. The van der Waals surface area contributed by atoms with Crippen molar-refractivity contribution in [3.63, 3.8) is 0 Å². The molecule has 7 heteroatoms. The van der Waals surface area contributed by atoms with Crippen molar-refractivity contribution in [2.45, 2.75) is 0 Å². The van der Waals surface area contributed by atoms with E-state index in [0.717, 1.165) is 0 Å². The Labute approximate surface area is 147 Å². The van der Waals surface area contributed by atoms with Crippen LogP contribution in [0, 0.1) is 0 Å². The second kappa shape index (κ2) is 5.96. The molecule has 0 fully saturated rings. The topological polar surface area (TPSA) is 108 Å². The molecule has 0 saturated carbocycles. The molecule has 0 aliphatic carbocycles. The van der Waals surface area contributed by atoms with Gasteiger partial charge in [-0.3, -0.25) is 0 Å². The van der Waals surface area contributed by atoms with Crippen LogP contribution in [-0.4, -0.2) is 23.0 Å². The molecule has 0 spiro atoms. The van der Waals surface area contributed by atoms with Crippen LogP contribution in [-0.2, 0) is 4.74 Å². The summed E-state index contributed by atoms with van der Waals surface area (Å²) in [6, 6.07) is 13.7. The molecule has 0 saturated heterocycles. The lowest BCUT2D eigenvalue weighted by Gasteiger charge is -2.07. The summed E-state index contributed by atoms with van der Waals surface area (Å²) >= 11 is 0. The smallest absolute Gasteiger partial charge is 0.349 e. The molecule has 0 atom stereocenters. The van der Waals surface area contributed by atoms with Gasteiger partial charge in [-0.05, 0) is 24.3 Å². The Morgan fingerprint density at radius 3 is 2.54 bits per heavy atom. The van der Waals surface area contributed by atoms with Crippen LogP contribution in [0.2, 0.25) is 0 Å². The molecule has 7 nitrogen and oxygen atoms in total. The predicted octanol–water partition coefficient (Wildman–Crippen LogP) is 2.77. The predicted molar refractivity (Wildman–Crippen MR) is 96.8 cm³/mol. The molecule has 0 unspecified atom stereocenters. The third kappa shape index (κ3) is 2.46. The van der Waals surface area contributed by atoms with E-state index in [9.17, 15) is 9.59 Å². The number of carbonyl (C=O) groups excluding carboxylic acids is 1. The first-order valence-corrected chi connectivity index (χ1v) is 7.76. The van der Waals surface area contributed by atoms with E-state index in [4.69, 9.17) is 10.2 Å². The second-order valence-corrected chi connectivity index (χ2v) is 5.61. The largest absolute Gasteiger partial charge is 0.465 e. The lowest BCUT2D eigenvalue weighted by molar-refractivity contribution is 0.0601. The fourth-order valence-corrected chi connectivity index (χ4v) is 2.78. The van der Waals surface area contributed by atoms with Crippen molar-refractivity contribution in [2.24, 2.45) is 0 Å². The summed E-state index contributed by atoms with van der Waals surface area (Å²) in [5.41, 5.74) is 7.34. The van der Waals surface area contributed by atoms with Crippen LogP contribution in [0.3, 0.4) is 0 Å². The summed E-state index contributed by atoms with van der Waals surface area (Å²) in [6.45, 7) is 0. The van der Waals surface area contributed by atoms with Crippen LogP contribution in [0.15, 0.2) is 57.7 Å². The van der Waals surface area contributed by atoms with Crippen LogP contribution in [0.4, 0.5) is 5.82 Å². The fourth-order valence-electron chi connectivity index (χ4n) is 2.78. The summed E-state index contributed by atoms with van der Waals surface area (Å²) in [5, 5.41) is 0.822. The number of anilines is 1. The summed E-state index contributed by atoms with van der Waals surface area (Å²) < 4.78 is 9.97. The van der Waals surface area contributed by atoms with Gasteiger partial charge in [0, 0.05) is 10.9 Å². The molecule has 0 aliphatic heterocycles. The van der Waals surface area contributed by atoms with Crippen molar-refractivity contribution in [3.05, 3.63) is 64.5 Å². The van der Waals surface area contributed by atoms with Gasteiger partial charge in [0.2, 0.25) is 0 Å². The molecule has 2 aromatic carbocycles. The molecule has 128 valence electrons. The number of nitrogen functional groups attached to an aromatic ring is 1. The summed E-state index contributed by atoms with van der Waals surface area (Å²) in [6.07, 6.45) is 0. The number of esters is 1. The van der Waals surface area contributed by atoms with Crippen LogP contribution >= 0.6 is 0 Å². The summed E-state index contributed by atoms with van der Waals surface area (Å²) in [5.74, 6) is -0.0391. The molecule has 2 N–H and O–H groups in total. The molecule has 4 aromatic rings. The first kappa shape index (κ1) is 15.8. The molecule has 0 radical (unpaired) electrons. The number of nitrogens with zero attached hydrogens (tertiary/aromatic N) is 2. The molecule has 0 aliphatic rings. The highest BCUT2D eigenvalue weighted by Gasteiger charge is 2.15. The highest BCUT2D eigenvalue weighted by Crippen LogP contribution is 2.27. The maximum Gasteiger partial charge on any atom is 0.349 e. The zero-order valence-corrected chi connectivity index (χ0v) is 13.7. The fraction of sp³-hybridized carbons (Fsp3) is 0.0526. The molecule has 26 heavy (non-hydrogen) atoms. The first-order valence-electron chi connectivity index (χ1n) is 7.76. The quantitative estimate of drug-likeness (QED) is 0.337. The van der Waals surface area contributed by atoms with E-state index in [0.29, 0.717) is 33.4 Å². The van der Waals surface area contributed by atoms with Gasteiger partial charge >= 0.3 is 11.6 Å². The van der Waals surface area contributed by atoms with E-state index < -0.39 is 11.6 Å². The van der Waals surface area contributed by atoms with Crippen molar-refractivity contribution in [3.8, 4) is 11.4 Å². The third-order valence-electron chi connectivity index (χ3n) is 4.05. The molecular formula is C19H13N3O4. The number of fused-ring (bicyclic) bond motifs is 3. The molecule has 2 aromatic heterocycles. The van der Waals surface area contributed by atoms with Gasteiger partial charge in [0.15, 0.2) is 5.82 Å². The highest BCUT2D eigenvalue weighted by molar-refractivity contribution is 6.05. The Morgan fingerprint density at radius 1 is 1.08 bits per heavy atom. The number of aromatic nitrogens is 2. The normalized spacial score (nSPS) is 11.0. The highest BCUT2D eigenvalue weighted by atomic mass is 16.5. The number of hydrogen-bond donors (Lipinski definition) is 1. The second-order valence-electron chi connectivity index (χ2n) is 5.61. The molecule has 0 bridgehead atoms. The van der Waals surface area contributed by atoms with Gasteiger partial charge in [0.25, 0.3) is 0 Å². The molecular weight excluding hydrogens is 334 g/mol. The van der Waals surface area contributed by atoms with Gasteiger partial charge in [0.1, 0.15) is 16.8 Å². The van der Waals surface area contributed by atoms with Gasteiger partial charge in [-0.15, -0.1) is 0 Å². The molecule has 2 heterocycles. The van der Waals surface area contributed by atoms with Crippen molar-refractivity contribution in [1.82, 2.24) is 9.97 Å². The standard InChI is InChI=1S/C19H13N3O4/c1-25-18(23)11-8-6-10(7-9-11)17-21-15-12-4-2-3-5-13(12)26-19(24)14(15)16(20)22-17/h2-9H,1H3,(H2,20,21,22). The Morgan fingerprint density at radius 2 is 1.81 bits per heavy atom. The maximum atomic E-state index is 12.2. The van der Waals surface area contributed by atoms with Crippen molar-refractivity contribution in [2.75, 3.05) is 12.8 Å². The van der Waals surface area contributed by atoms with Crippen LogP contribution < -0.4 is 11.4 Å². The third-order valence-corrected chi connectivity index (χ3v) is 4.05. The Kier molecular flexibility index (Phi) is 3.62. The Hall–Kier alpha value is -3.74. The van der Waals surface area contributed by atoms with E-state index in [-0.39, 0.29) is 11.2 Å². The van der Waals surface area contributed by atoms with E-state index in [1.807, 2.05) is 6.07 Å². The van der Waals surface area contributed by atoms with Gasteiger partial charge in [0.05, 0.1) is 18.2 Å². The van der Waals surface area contributed by atoms with Gasteiger partial charge < -0.3 is 14.9 Å². The van der Waals surface area contributed by atoms with Gasteiger partial charge in [-0.1, -0.05) is 24.3 Å². The molecule has 0 amide bonds. The SMILES string of the molecule is COC(=O)c1ccc(-c2nc(N)c3c(=O)oc4ccccc4c3n2)cc1. The van der Waals surface area contributed by atoms with Crippen molar-refractivity contribution < 1.29 is 13.9 Å². The van der Waals surface area contributed by atoms with E-state index >= 15 is 0 Å². The van der Waals surface area contributed by atoms with Gasteiger partial charge in [-0.2, -0.15) is 0 Å². The zero-order chi connectivity index (χ0) is 18.3. The minimum atomic E-state index is -0.580. The number of carbonyl (C=O) groups is 1. The Balaban J connectivity index is 1.96. The summed E-state index contributed by atoms with van der Waals surface area (Å²) in [4.78, 5) is 32.5. The number of rotatable bonds is 2. The van der Waals surface area contributed by atoms with E-state index in [1.54, 1.807) is 42.5 Å². The number of benzene rings is 2. The number of para-hydroxylation sites is 1. The number of ether oxygens (including phenoxy) is 1. The minimum absolute atomic E-state index is 0.0431. The zero-order valence-electron chi connectivity index (χ0n) is 13.7. The average molecular weight is 347 g/mol. The van der Waals surface area contributed by atoms with Gasteiger partial charge in [-0.25, -0.2) is 19.6 Å². The maximum absolute atomic E-state index is 12.2. The minimum Gasteiger partial charge on any atom is -0.465 e. The number of hydrogen-bond acceptors (Lipinski definition) is 7. The van der Waals surface area contributed by atoms with E-state index in [2.05, 4.69) is 14.7 Å². The van der Waals surface area contributed by atoms with Crippen LogP contribution in [0.1, 0.15) is 10.4 Å². The lowest BCUT2D eigenvalue weighted by atomic mass is 10.1. The van der Waals surface area contributed by atoms with Crippen molar-refractivity contribution in [1.29, 1.82) is 0 Å². The first-order chi connectivity index (χ1) is 12.6. The van der Waals surface area contributed by atoms with Crippen molar-refractivity contribution >= 4 is 33.7 Å².